The van der Waals surface area contributed by atoms with Crippen LogP contribution in [0.25, 0.3) is 6.08 Å². The number of nitrogens with zero attached hydrogens (tertiary/aromatic N) is 1. The number of piperidine rings is 1. The molecule has 0 saturated carbocycles. The van der Waals surface area contributed by atoms with Crippen LogP contribution in [0.2, 0.25) is 0 Å². The monoisotopic (exact) mass is 345 g/mol. The van der Waals surface area contributed by atoms with E-state index in [0.29, 0.717) is 6.10 Å². The topological polar surface area (TPSA) is 21.7 Å². The lowest BCUT2D eigenvalue weighted by atomic mass is 9.94. The van der Waals surface area contributed by atoms with Gasteiger partial charge in [0.05, 0.1) is 13.2 Å². The van der Waals surface area contributed by atoms with Crippen LogP contribution in [0.1, 0.15) is 61.8 Å². The molecule has 0 atom stereocenters. The quantitative estimate of drug-likeness (QED) is 0.652. The van der Waals surface area contributed by atoms with E-state index in [1.165, 1.54) is 28.7 Å². The number of ether oxygens (including phenoxy) is 2. The van der Waals surface area contributed by atoms with E-state index in [0.717, 1.165) is 51.3 Å². The molecule has 3 nitrogen and oxygen atoms in total. The second kappa shape index (κ2) is 9.98. The Kier molecular flexibility index (Phi) is 7.98. The number of benzene rings is 1. The van der Waals surface area contributed by atoms with Gasteiger partial charge >= 0.3 is 0 Å². The van der Waals surface area contributed by atoms with Gasteiger partial charge in [-0.1, -0.05) is 25.5 Å². The van der Waals surface area contributed by atoms with Crippen molar-refractivity contribution in [1.82, 2.24) is 4.90 Å². The summed E-state index contributed by atoms with van der Waals surface area (Å²) in [6.45, 7) is 12.7. The van der Waals surface area contributed by atoms with Crippen LogP contribution < -0.4 is 4.74 Å². The van der Waals surface area contributed by atoms with Gasteiger partial charge in [0.1, 0.15) is 5.75 Å². The largest absolute Gasteiger partial charge is 0.496 e. The molecule has 0 unspecified atom stereocenters. The highest BCUT2D eigenvalue weighted by atomic mass is 16.5. The Morgan fingerprint density at radius 2 is 1.92 bits per heavy atom. The fraction of sp³-hybridized carbons (Fsp3) is 0.636. The van der Waals surface area contributed by atoms with E-state index in [4.69, 9.17) is 9.47 Å². The molecule has 3 heteroatoms. The predicted molar refractivity (Wildman–Crippen MR) is 106 cm³/mol. The van der Waals surface area contributed by atoms with Gasteiger partial charge < -0.3 is 9.47 Å². The lowest BCUT2D eigenvalue weighted by molar-refractivity contribution is 0.0124. The molecule has 1 aliphatic heterocycles. The summed E-state index contributed by atoms with van der Waals surface area (Å²) in [5.41, 5.74) is 5.34. The van der Waals surface area contributed by atoms with Crippen molar-refractivity contribution in [2.24, 2.45) is 0 Å². The summed E-state index contributed by atoms with van der Waals surface area (Å²) in [6, 6.07) is 2.19. The number of allylic oxidation sites excluding steroid dienone is 1. The van der Waals surface area contributed by atoms with Gasteiger partial charge in [0, 0.05) is 31.8 Å². The standard InChI is InChI=1S/C22H35NO2/c1-6-8-9-10-20-18(4)17(3)15-22(24-5)21(20)16-23-13-11-19(12-14-23)25-7-2/h9-10,15,19H,6-8,11-14,16H2,1-5H3/b10-9-. The van der Waals surface area contributed by atoms with Gasteiger partial charge in [-0.15, -0.1) is 0 Å². The number of unbranched alkanes of at least 4 members (excludes halogenated alkanes) is 1. The van der Waals surface area contributed by atoms with Gasteiger partial charge in [-0.2, -0.15) is 0 Å². The van der Waals surface area contributed by atoms with E-state index in [-0.39, 0.29) is 0 Å². The van der Waals surface area contributed by atoms with Crippen molar-refractivity contribution in [2.45, 2.75) is 66.0 Å². The van der Waals surface area contributed by atoms with Crippen molar-refractivity contribution in [1.29, 1.82) is 0 Å². The number of methoxy groups -OCH3 is 1. The van der Waals surface area contributed by atoms with Crippen molar-refractivity contribution in [3.05, 3.63) is 34.4 Å². The Bertz CT molecular complexity index is 572. The first-order chi connectivity index (χ1) is 12.1. The predicted octanol–water partition coefficient (Wildman–Crippen LogP) is 5.13. The van der Waals surface area contributed by atoms with E-state index in [9.17, 15) is 0 Å². The van der Waals surface area contributed by atoms with E-state index in [2.05, 4.69) is 50.8 Å². The van der Waals surface area contributed by atoms with Crippen LogP contribution in [-0.2, 0) is 11.3 Å². The van der Waals surface area contributed by atoms with Crippen LogP contribution in [0.5, 0.6) is 5.75 Å². The molecule has 2 rings (SSSR count). The van der Waals surface area contributed by atoms with E-state index in [1.807, 2.05) is 0 Å². The maximum absolute atomic E-state index is 5.79. The molecule has 0 amide bonds. The van der Waals surface area contributed by atoms with Crippen LogP contribution in [0, 0.1) is 13.8 Å². The molecule has 1 saturated heterocycles. The minimum atomic E-state index is 0.437. The highest BCUT2D eigenvalue weighted by Crippen LogP contribution is 2.31. The highest BCUT2D eigenvalue weighted by Gasteiger charge is 2.22. The molecule has 0 aliphatic carbocycles. The van der Waals surface area contributed by atoms with Crippen LogP contribution in [0.4, 0.5) is 0 Å². The number of likely N-dealkylation sites (tertiary alicyclic amines) is 1. The fourth-order valence-corrected chi connectivity index (χ4v) is 3.60. The number of aryl methyl sites for hydroxylation is 1. The smallest absolute Gasteiger partial charge is 0.124 e. The first kappa shape index (κ1) is 20.0. The van der Waals surface area contributed by atoms with Gasteiger partial charge in [-0.05, 0) is 62.8 Å². The fourth-order valence-electron chi connectivity index (χ4n) is 3.60. The van der Waals surface area contributed by atoms with Gasteiger partial charge in [-0.25, -0.2) is 0 Å². The zero-order valence-corrected chi connectivity index (χ0v) is 16.7. The van der Waals surface area contributed by atoms with Gasteiger partial charge in [0.2, 0.25) is 0 Å². The van der Waals surface area contributed by atoms with Crippen LogP contribution in [-0.4, -0.2) is 37.8 Å². The Balaban J connectivity index is 2.21. The van der Waals surface area contributed by atoms with Gasteiger partial charge in [-0.3, -0.25) is 4.90 Å². The van der Waals surface area contributed by atoms with Crippen molar-refractivity contribution >= 4 is 6.08 Å². The summed E-state index contributed by atoms with van der Waals surface area (Å²) in [4.78, 5) is 2.54. The molecule has 1 aromatic carbocycles. The highest BCUT2D eigenvalue weighted by molar-refractivity contribution is 5.63. The summed E-state index contributed by atoms with van der Waals surface area (Å²) in [5.74, 6) is 1.02. The Labute approximate surface area is 154 Å². The molecule has 0 bridgehead atoms. The van der Waals surface area contributed by atoms with Crippen molar-refractivity contribution < 1.29 is 9.47 Å². The average molecular weight is 346 g/mol. The van der Waals surface area contributed by atoms with Gasteiger partial charge in [0.15, 0.2) is 0 Å². The second-order valence-corrected chi connectivity index (χ2v) is 7.03. The van der Waals surface area contributed by atoms with Crippen molar-refractivity contribution in [3.8, 4) is 5.75 Å². The van der Waals surface area contributed by atoms with E-state index >= 15 is 0 Å². The van der Waals surface area contributed by atoms with Crippen LogP contribution in [0.15, 0.2) is 12.1 Å². The lowest BCUT2D eigenvalue weighted by Gasteiger charge is -2.32. The number of hydrogen-bond donors (Lipinski definition) is 0. The molecule has 0 N–H and O–H groups in total. The van der Waals surface area contributed by atoms with Crippen LogP contribution >= 0.6 is 0 Å². The molecule has 140 valence electrons. The summed E-state index contributed by atoms with van der Waals surface area (Å²) < 4.78 is 11.5. The molecular formula is C22H35NO2. The maximum Gasteiger partial charge on any atom is 0.124 e. The Morgan fingerprint density at radius 3 is 2.52 bits per heavy atom. The van der Waals surface area contributed by atoms with Crippen LogP contribution in [0.3, 0.4) is 0 Å². The van der Waals surface area contributed by atoms with Crippen molar-refractivity contribution in [3.63, 3.8) is 0 Å². The minimum absolute atomic E-state index is 0.437. The molecule has 1 aliphatic rings. The normalized spacial score (nSPS) is 16.7. The Morgan fingerprint density at radius 1 is 1.20 bits per heavy atom. The Hall–Kier alpha value is -1.32. The molecule has 0 radical (unpaired) electrons. The summed E-state index contributed by atoms with van der Waals surface area (Å²) in [6.07, 6.45) is 9.59. The molecule has 1 aromatic rings. The molecule has 1 fully saturated rings. The van der Waals surface area contributed by atoms with Gasteiger partial charge in [0.25, 0.3) is 0 Å². The summed E-state index contributed by atoms with van der Waals surface area (Å²) in [7, 11) is 1.79. The lowest BCUT2D eigenvalue weighted by Crippen LogP contribution is -2.36. The SMILES string of the molecule is CCC/C=C\c1c(C)c(C)cc(OC)c1CN1CCC(OCC)CC1. The third-order valence-electron chi connectivity index (χ3n) is 5.24. The first-order valence-corrected chi connectivity index (χ1v) is 9.78. The number of hydrogen-bond acceptors (Lipinski definition) is 3. The average Bonchev–Trinajstić information content (AvgIpc) is 2.62. The number of rotatable bonds is 8. The minimum Gasteiger partial charge on any atom is -0.496 e. The van der Waals surface area contributed by atoms with Crippen molar-refractivity contribution in [2.75, 3.05) is 26.8 Å². The summed E-state index contributed by atoms with van der Waals surface area (Å²) >= 11 is 0. The molecule has 25 heavy (non-hydrogen) atoms. The zero-order valence-electron chi connectivity index (χ0n) is 16.7. The summed E-state index contributed by atoms with van der Waals surface area (Å²) in [5, 5.41) is 0. The second-order valence-electron chi connectivity index (χ2n) is 7.03. The van der Waals surface area contributed by atoms with E-state index < -0.39 is 0 Å². The maximum atomic E-state index is 5.79. The van der Waals surface area contributed by atoms with E-state index in [1.54, 1.807) is 7.11 Å². The first-order valence-electron chi connectivity index (χ1n) is 9.78. The third kappa shape index (κ3) is 5.32. The molecular weight excluding hydrogens is 310 g/mol. The molecule has 0 aromatic heterocycles. The molecule has 1 heterocycles. The zero-order chi connectivity index (χ0) is 18.2. The third-order valence-corrected chi connectivity index (χ3v) is 5.24. The molecule has 0 spiro atoms.